The van der Waals surface area contributed by atoms with E-state index in [1.807, 2.05) is 20.8 Å². The quantitative estimate of drug-likeness (QED) is 0.389. The lowest BCUT2D eigenvalue weighted by atomic mass is 9.81. The van der Waals surface area contributed by atoms with Gasteiger partial charge in [0.05, 0.1) is 23.8 Å². The van der Waals surface area contributed by atoms with Crippen LogP contribution in [0.15, 0.2) is 29.2 Å². The maximum atomic E-state index is 13.2. The number of nitrogens with zero attached hydrogens (tertiary/aromatic N) is 2. The summed E-state index contributed by atoms with van der Waals surface area (Å²) in [5, 5.41) is 10.2. The molecule has 4 atom stereocenters. The fourth-order valence-corrected chi connectivity index (χ4v) is 5.85. The molecule has 0 aliphatic carbocycles. The van der Waals surface area contributed by atoms with Crippen molar-refractivity contribution in [2.45, 2.75) is 55.8 Å². The summed E-state index contributed by atoms with van der Waals surface area (Å²) in [6, 6.07) is 5.96. The summed E-state index contributed by atoms with van der Waals surface area (Å²) in [5.41, 5.74) is -0.539. The summed E-state index contributed by atoms with van der Waals surface area (Å²) >= 11 is 0. The molecule has 1 aromatic carbocycles. The van der Waals surface area contributed by atoms with E-state index in [9.17, 15) is 36.0 Å². The van der Waals surface area contributed by atoms with Crippen molar-refractivity contribution < 1.29 is 50.6 Å². The number of sulfonamides is 1. The van der Waals surface area contributed by atoms with Gasteiger partial charge in [0, 0.05) is 26.7 Å². The van der Waals surface area contributed by atoms with E-state index in [-0.39, 0.29) is 16.9 Å². The van der Waals surface area contributed by atoms with Gasteiger partial charge in [-0.25, -0.2) is 13.2 Å². The molecular formula is C24H32F3N3O8S. The first kappa shape index (κ1) is 32.2. The zero-order valence-electron chi connectivity index (χ0n) is 22.5. The van der Waals surface area contributed by atoms with E-state index < -0.39 is 63.4 Å². The summed E-state index contributed by atoms with van der Waals surface area (Å²) in [6.45, 7) is 7.55. The maximum Gasteiger partial charge on any atom is 0.490 e. The van der Waals surface area contributed by atoms with E-state index in [4.69, 9.17) is 14.6 Å². The highest BCUT2D eigenvalue weighted by Gasteiger charge is 2.66. The Balaban J connectivity index is 0.000000673. The molecule has 15 heteroatoms. The van der Waals surface area contributed by atoms with Crippen LogP contribution in [0.1, 0.15) is 33.3 Å². The number of fused-ring (bicyclic) bond motifs is 1. The monoisotopic (exact) mass is 579 g/mol. The van der Waals surface area contributed by atoms with Crippen molar-refractivity contribution in [1.29, 1.82) is 0 Å². The lowest BCUT2D eigenvalue weighted by Crippen LogP contribution is -2.56. The average Bonchev–Trinajstić information content (AvgIpc) is 3.25. The Morgan fingerprint density at radius 1 is 1.13 bits per heavy atom. The summed E-state index contributed by atoms with van der Waals surface area (Å²) in [6.07, 6.45) is -5.08. The molecule has 2 N–H and O–H groups in total. The van der Waals surface area contributed by atoms with Crippen LogP contribution < -0.4 is 5.32 Å². The van der Waals surface area contributed by atoms with Crippen molar-refractivity contribution in [2.75, 3.05) is 27.7 Å². The van der Waals surface area contributed by atoms with Gasteiger partial charge >= 0.3 is 18.1 Å². The van der Waals surface area contributed by atoms with Gasteiger partial charge in [0.15, 0.2) is 0 Å². The van der Waals surface area contributed by atoms with Crippen LogP contribution in [0.4, 0.5) is 13.2 Å². The second-order valence-electron chi connectivity index (χ2n) is 10.5. The molecule has 39 heavy (non-hydrogen) atoms. The summed E-state index contributed by atoms with van der Waals surface area (Å²) in [7, 11) is 0.140. The topological polar surface area (TPSA) is 150 Å². The number of esters is 1. The molecular weight excluding hydrogens is 547 g/mol. The number of likely N-dealkylation sites (N-methyl/N-ethyl adjacent to an activating group) is 1. The number of alkyl halides is 3. The molecule has 2 saturated heterocycles. The fourth-order valence-electron chi connectivity index (χ4n) is 4.65. The fraction of sp³-hybridized carbons (Fsp3) is 0.583. The van der Waals surface area contributed by atoms with Gasteiger partial charge in [-0.05, 0) is 30.0 Å². The molecule has 0 saturated carbocycles. The van der Waals surface area contributed by atoms with E-state index >= 15 is 0 Å². The number of carboxylic acids is 1. The molecule has 11 nitrogen and oxygen atoms in total. The SMILES string of the molecule is COC(=O)[C@]1(C)N[C@H](CN(C)S(=O)(=O)c2ccc(C(C)(C)C)cc2)[C@@H]2C(=O)N(C)C(=O)[C@@H]21.O=C(O)C(F)(F)F. The maximum absolute atomic E-state index is 13.2. The second kappa shape index (κ2) is 10.8. The van der Waals surface area contributed by atoms with Crippen molar-refractivity contribution in [1.82, 2.24) is 14.5 Å². The minimum Gasteiger partial charge on any atom is -0.475 e. The van der Waals surface area contributed by atoms with Crippen LogP contribution in [0.2, 0.25) is 0 Å². The lowest BCUT2D eigenvalue weighted by Gasteiger charge is -2.29. The highest BCUT2D eigenvalue weighted by atomic mass is 32.2. The molecule has 2 amide bonds. The van der Waals surface area contributed by atoms with Gasteiger partial charge in [-0.3, -0.25) is 24.6 Å². The number of ether oxygens (including phenoxy) is 1. The van der Waals surface area contributed by atoms with E-state index in [1.165, 1.54) is 28.1 Å². The first-order valence-corrected chi connectivity index (χ1v) is 13.1. The Morgan fingerprint density at radius 3 is 2.03 bits per heavy atom. The molecule has 2 aliphatic heterocycles. The number of carbonyl (C=O) groups excluding carboxylic acids is 3. The number of imide groups is 1. The molecule has 0 bridgehead atoms. The van der Waals surface area contributed by atoms with E-state index in [2.05, 4.69) is 5.32 Å². The Kier molecular flexibility index (Phi) is 8.95. The van der Waals surface area contributed by atoms with Crippen LogP contribution in [0.3, 0.4) is 0 Å². The number of carbonyl (C=O) groups is 4. The first-order valence-electron chi connectivity index (χ1n) is 11.6. The molecule has 1 aromatic rings. The Labute approximate surface area is 224 Å². The van der Waals surface area contributed by atoms with Crippen molar-refractivity contribution in [3.05, 3.63) is 29.8 Å². The number of likely N-dealkylation sites (tertiary alicyclic amines) is 1. The van der Waals surface area contributed by atoms with Crippen molar-refractivity contribution in [3.8, 4) is 0 Å². The molecule has 218 valence electrons. The third-order valence-corrected chi connectivity index (χ3v) is 8.68. The summed E-state index contributed by atoms with van der Waals surface area (Å²) < 4.78 is 64.1. The Morgan fingerprint density at radius 2 is 1.62 bits per heavy atom. The summed E-state index contributed by atoms with van der Waals surface area (Å²) in [5.74, 6) is -6.17. The second-order valence-corrected chi connectivity index (χ2v) is 12.6. The standard InChI is InChI=1S/C22H31N3O6S.C2HF3O2/c1-21(2,3)13-8-10-14(11-9-13)32(29,30)24(5)12-15-16-17(19(27)25(6)18(16)26)22(4,23-15)20(28)31-7;3-2(4,5)1(6)7/h8-11,15-17,23H,12H2,1-7H3;(H,6,7)/t15-,16+,17-,22-;/m1./s1. The molecule has 2 aliphatic rings. The predicted octanol–water partition coefficient (Wildman–Crippen LogP) is 1.37. The molecule has 0 spiro atoms. The predicted molar refractivity (Wildman–Crippen MR) is 131 cm³/mol. The highest BCUT2D eigenvalue weighted by molar-refractivity contribution is 7.89. The van der Waals surface area contributed by atoms with E-state index in [1.54, 1.807) is 24.3 Å². The van der Waals surface area contributed by atoms with Crippen LogP contribution in [0.25, 0.3) is 0 Å². The van der Waals surface area contributed by atoms with E-state index in [0.717, 1.165) is 14.8 Å². The van der Waals surface area contributed by atoms with E-state index in [0.29, 0.717) is 0 Å². The van der Waals surface area contributed by atoms with Gasteiger partial charge < -0.3 is 9.84 Å². The highest BCUT2D eigenvalue weighted by Crippen LogP contribution is 2.43. The number of amides is 2. The van der Waals surface area contributed by atoms with Crippen LogP contribution in [0, 0.1) is 11.8 Å². The van der Waals surface area contributed by atoms with Crippen LogP contribution in [-0.2, 0) is 39.4 Å². The van der Waals surface area contributed by atoms with Gasteiger partial charge in [-0.15, -0.1) is 0 Å². The number of halogens is 3. The largest absolute Gasteiger partial charge is 0.490 e. The zero-order valence-corrected chi connectivity index (χ0v) is 23.3. The third kappa shape index (κ3) is 6.25. The smallest absolute Gasteiger partial charge is 0.475 e. The Bertz CT molecular complexity index is 1240. The first-order chi connectivity index (χ1) is 17.6. The molecule has 2 fully saturated rings. The number of methoxy groups -OCH3 is 1. The zero-order chi connectivity index (χ0) is 30.3. The minimum absolute atomic E-state index is 0.0933. The van der Waals surface area contributed by atoms with Crippen molar-refractivity contribution >= 4 is 33.8 Å². The number of hydrogen-bond acceptors (Lipinski definition) is 8. The summed E-state index contributed by atoms with van der Waals surface area (Å²) in [4.78, 5) is 48.0. The number of rotatable bonds is 5. The number of hydrogen-bond donors (Lipinski definition) is 2. The molecule has 3 rings (SSSR count). The van der Waals surface area contributed by atoms with Gasteiger partial charge in [-0.1, -0.05) is 32.9 Å². The normalized spacial score (nSPS) is 25.3. The Hall–Kier alpha value is -3.04. The number of carboxylic acid groups (broad SMARTS) is 1. The van der Waals surface area contributed by atoms with Gasteiger partial charge in [0.2, 0.25) is 21.8 Å². The third-order valence-electron chi connectivity index (χ3n) is 6.85. The molecule has 2 heterocycles. The van der Waals surface area contributed by atoms with Crippen molar-refractivity contribution in [2.24, 2.45) is 11.8 Å². The number of benzene rings is 1. The van der Waals surface area contributed by atoms with Gasteiger partial charge in [0.1, 0.15) is 5.54 Å². The number of aliphatic carboxylic acids is 1. The van der Waals surface area contributed by atoms with Gasteiger partial charge in [-0.2, -0.15) is 17.5 Å². The minimum atomic E-state index is -5.08. The molecule has 0 unspecified atom stereocenters. The van der Waals surface area contributed by atoms with Crippen LogP contribution in [-0.4, -0.2) is 92.0 Å². The van der Waals surface area contributed by atoms with Gasteiger partial charge in [0.25, 0.3) is 0 Å². The molecule has 0 aromatic heterocycles. The number of nitrogens with one attached hydrogen (secondary N) is 1. The average molecular weight is 580 g/mol. The van der Waals surface area contributed by atoms with Crippen LogP contribution >= 0.6 is 0 Å². The van der Waals surface area contributed by atoms with Crippen LogP contribution in [0.5, 0.6) is 0 Å². The van der Waals surface area contributed by atoms with Crippen molar-refractivity contribution in [3.63, 3.8) is 0 Å². The lowest BCUT2D eigenvalue weighted by molar-refractivity contribution is -0.192. The molecule has 0 radical (unpaired) electrons.